The summed E-state index contributed by atoms with van der Waals surface area (Å²) < 4.78 is 5.13. The minimum absolute atomic E-state index is 0.0629. The molecular weight excluding hydrogens is 314 g/mol. The number of hydrogen-bond acceptors (Lipinski definition) is 4. The van der Waals surface area contributed by atoms with Crippen molar-refractivity contribution in [3.8, 4) is 5.75 Å². The number of hydrogen-bond donors (Lipinski definition) is 1. The Labute approximate surface area is 140 Å². The summed E-state index contributed by atoms with van der Waals surface area (Å²) in [7, 11) is 1.65. The third-order valence-electron chi connectivity index (χ3n) is 3.26. The maximum absolute atomic E-state index is 12.2. The summed E-state index contributed by atoms with van der Waals surface area (Å²) >= 11 is 3.22. The van der Waals surface area contributed by atoms with E-state index in [1.54, 1.807) is 18.4 Å². The summed E-state index contributed by atoms with van der Waals surface area (Å²) in [5, 5.41) is 5.18. The Morgan fingerprint density at radius 3 is 2.55 bits per heavy atom. The lowest BCUT2D eigenvalue weighted by Gasteiger charge is -2.21. The molecule has 1 N–H and O–H groups in total. The van der Waals surface area contributed by atoms with Crippen LogP contribution in [0.25, 0.3) is 0 Å². The number of methoxy groups -OCH3 is 1. The van der Waals surface area contributed by atoms with Gasteiger partial charge < -0.3 is 10.1 Å². The first-order valence-corrected chi connectivity index (χ1v) is 9.06. The Morgan fingerprint density at radius 2 is 2.00 bits per heavy atom. The van der Waals surface area contributed by atoms with Crippen molar-refractivity contribution in [2.24, 2.45) is 5.92 Å². The number of amides is 1. The Bertz CT molecular complexity index is 579. The summed E-state index contributed by atoms with van der Waals surface area (Å²) in [5.74, 6) is 1.67. The van der Waals surface area contributed by atoms with E-state index in [1.807, 2.05) is 35.7 Å². The molecule has 22 heavy (non-hydrogen) atoms. The number of thiophene rings is 1. The highest BCUT2D eigenvalue weighted by atomic mass is 32.2. The minimum Gasteiger partial charge on any atom is -0.497 e. The summed E-state index contributed by atoms with van der Waals surface area (Å²) in [5.41, 5.74) is 0. The van der Waals surface area contributed by atoms with Crippen LogP contribution in [0.15, 0.2) is 46.7 Å². The first kappa shape index (κ1) is 16.9. The third-order valence-corrected chi connectivity index (χ3v) is 5.23. The minimum atomic E-state index is 0.0629. The fourth-order valence-electron chi connectivity index (χ4n) is 2.07. The number of carbonyl (C=O) groups is 1. The van der Waals surface area contributed by atoms with Gasteiger partial charge in [0.1, 0.15) is 5.75 Å². The average Bonchev–Trinajstić information content (AvgIpc) is 3.04. The van der Waals surface area contributed by atoms with Crippen LogP contribution in [-0.4, -0.2) is 18.8 Å². The number of ether oxygens (including phenoxy) is 1. The number of benzene rings is 1. The smallest absolute Gasteiger partial charge is 0.230 e. The van der Waals surface area contributed by atoms with Crippen molar-refractivity contribution in [3.05, 3.63) is 46.7 Å². The molecule has 0 aliphatic rings. The first-order valence-electron chi connectivity index (χ1n) is 7.19. The normalized spacial score (nSPS) is 12.2. The third kappa shape index (κ3) is 4.78. The molecule has 2 aromatic rings. The molecule has 2 rings (SSSR count). The molecule has 1 amide bonds. The molecule has 0 bridgehead atoms. The molecule has 0 unspecified atom stereocenters. The van der Waals surface area contributed by atoms with Gasteiger partial charge in [-0.3, -0.25) is 4.79 Å². The van der Waals surface area contributed by atoms with E-state index in [-0.39, 0.29) is 11.9 Å². The molecular formula is C17H21NO2S2. The zero-order valence-corrected chi connectivity index (χ0v) is 14.7. The van der Waals surface area contributed by atoms with Crippen molar-refractivity contribution in [2.45, 2.75) is 24.8 Å². The summed E-state index contributed by atoms with van der Waals surface area (Å²) in [6.07, 6.45) is 0. The van der Waals surface area contributed by atoms with Crippen molar-refractivity contribution in [2.75, 3.05) is 12.9 Å². The molecule has 3 nitrogen and oxygen atoms in total. The van der Waals surface area contributed by atoms with Crippen molar-refractivity contribution >= 4 is 29.0 Å². The molecule has 1 atom stereocenters. The van der Waals surface area contributed by atoms with Crippen molar-refractivity contribution in [3.63, 3.8) is 0 Å². The van der Waals surface area contributed by atoms with Crippen LogP contribution >= 0.6 is 23.1 Å². The summed E-state index contributed by atoms with van der Waals surface area (Å²) in [4.78, 5) is 14.5. The van der Waals surface area contributed by atoms with E-state index in [9.17, 15) is 4.79 Å². The molecule has 1 aromatic heterocycles. The molecule has 5 heteroatoms. The second-order valence-corrected chi connectivity index (χ2v) is 7.30. The highest BCUT2D eigenvalue weighted by Gasteiger charge is 2.19. The largest absolute Gasteiger partial charge is 0.497 e. The summed E-state index contributed by atoms with van der Waals surface area (Å²) in [6.45, 7) is 4.25. The number of nitrogens with one attached hydrogen (secondary N) is 1. The molecule has 0 aliphatic heterocycles. The Morgan fingerprint density at radius 1 is 1.27 bits per heavy atom. The molecule has 0 saturated heterocycles. The van der Waals surface area contributed by atoms with Crippen molar-refractivity contribution in [1.29, 1.82) is 0 Å². The van der Waals surface area contributed by atoms with Gasteiger partial charge >= 0.3 is 0 Å². The molecule has 1 heterocycles. The molecule has 1 aromatic carbocycles. The highest BCUT2D eigenvalue weighted by molar-refractivity contribution is 8.00. The molecule has 118 valence electrons. The average molecular weight is 335 g/mol. The Kier molecular flexibility index (Phi) is 6.34. The van der Waals surface area contributed by atoms with Crippen LogP contribution in [0.5, 0.6) is 5.75 Å². The first-order chi connectivity index (χ1) is 10.6. The number of thioether (sulfide) groups is 1. The molecule has 0 spiro atoms. The van der Waals surface area contributed by atoms with Crippen LogP contribution in [0.3, 0.4) is 0 Å². The molecule has 0 fully saturated rings. The van der Waals surface area contributed by atoms with Gasteiger partial charge in [-0.15, -0.1) is 23.1 Å². The topological polar surface area (TPSA) is 38.3 Å². The van der Waals surface area contributed by atoms with Gasteiger partial charge in [0.15, 0.2) is 0 Å². The second kappa shape index (κ2) is 8.25. The summed E-state index contributed by atoms with van der Waals surface area (Å²) in [6, 6.07) is 11.9. The van der Waals surface area contributed by atoms with E-state index >= 15 is 0 Å². The number of carbonyl (C=O) groups excluding carboxylic acids is 1. The van der Waals surface area contributed by atoms with Crippen LogP contribution in [0.2, 0.25) is 0 Å². The maximum Gasteiger partial charge on any atom is 0.230 e. The molecule has 0 saturated carbocycles. The Balaban J connectivity index is 1.88. The van der Waals surface area contributed by atoms with E-state index in [0.29, 0.717) is 11.7 Å². The lowest BCUT2D eigenvalue weighted by Crippen LogP contribution is -2.32. The van der Waals surface area contributed by atoms with E-state index in [0.717, 1.165) is 10.6 Å². The van der Waals surface area contributed by atoms with Gasteiger partial charge in [-0.1, -0.05) is 19.9 Å². The van der Waals surface area contributed by atoms with Crippen LogP contribution < -0.4 is 10.1 Å². The standard InChI is InChI=1S/C17H21NO2S2/c1-12(2)17(15-5-4-10-21-15)18-16(19)11-22-14-8-6-13(20-3)7-9-14/h4-10,12,17H,11H2,1-3H3,(H,18,19)/t17-/m0/s1. The molecule has 0 aliphatic carbocycles. The van der Waals surface area contributed by atoms with Gasteiger partial charge in [-0.2, -0.15) is 0 Å². The lowest BCUT2D eigenvalue weighted by molar-refractivity contribution is -0.119. The quantitative estimate of drug-likeness (QED) is 0.764. The van der Waals surface area contributed by atoms with E-state index in [4.69, 9.17) is 4.74 Å². The van der Waals surface area contributed by atoms with E-state index in [1.165, 1.54) is 16.6 Å². The van der Waals surface area contributed by atoms with Gasteiger partial charge in [0.25, 0.3) is 0 Å². The van der Waals surface area contributed by atoms with Crippen molar-refractivity contribution in [1.82, 2.24) is 5.32 Å². The maximum atomic E-state index is 12.2. The van der Waals surface area contributed by atoms with Crippen molar-refractivity contribution < 1.29 is 9.53 Å². The van der Waals surface area contributed by atoms with Gasteiger partial charge in [0.2, 0.25) is 5.91 Å². The van der Waals surface area contributed by atoms with Crippen LogP contribution in [0.4, 0.5) is 0 Å². The second-order valence-electron chi connectivity index (χ2n) is 5.27. The van der Waals surface area contributed by atoms with Gasteiger partial charge in [-0.05, 0) is 41.6 Å². The number of rotatable bonds is 7. The fourth-order valence-corrected chi connectivity index (χ4v) is 3.73. The zero-order chi connectivity index (χ0) is 15.9. The predicted octanol–water partition coefficient (Wildman–Crippen LogP) is 4.36. The van der Waals surface area contributed by atoms with E-state index < -0.39 is 0 Å². The van der Waals surface area contributed by atoms with Crippen LogP contribution in [0.1, 0.15) is 24.8 Å². The SMILES string of the molecule is COc1ccc(SCC(=O)N[C@H](c2cccs2)C(C)C)cc1. The zero-order valence-electron chi connectivity index (χ0n) is 13.0. The van der Waals surface area contributed by atoms with E-state index in [2.05, 4.69) is 25.2 Å². The van der Waals surface area contributed by atoms with Gasteiger partial charge in [-0.25, -0.2) is 0 Å². The van der Waals surface area contributed by atoms with Gasteiger partial charge in [0.05, 0.1) is 18.9 Å². The van der Waals surface area contributed by atoms with Gasteiger partial charge in [0, 0.05) is 9.77 Å². The lowest BCUT2D eigenvalue weighted by atomic mass is 10.0. The molecule has 0 radical (unpaired) electrons. The van der Waals surface area contributed by atoms with Crippen LogP contribution in [-0.2, 0) is 4.79 Å². The fraction of sp³-hybridized carbons (Fsp3) is 0.353. The predicted molar refractivity (Wildman–Crippen MR) is 93.8 cm³/mol. The monoisotopic (exact) mass is 335 g/mol. The Hall–Kier alpha value is -1.46. The van der Waals surface area contributed by atoms with Crippen LogP contribution in [0, 0.1) is 5.92 Å². The highest BCUT2D eigenvalue weighted by Crippen LogP contribution is 2.26.